The van der Waals surface area contributed by atoms with Gasteiger partial charge in [0.25, 0.3) is 5.91 Å². The van der Waals surface area contributed by atoms with Crippen LogP contribution in [0.2, 0.25) is 0 Å². The molecule has 2 aromatic heterocycles. The lowest BCUT2D eigenvalue weighted by atomic mass is 10.0. The van der Waals surface area contributed by atoms with Crippen molar-refractivity contribution in [1.29, 1.82) is 0 Å². The van der Waals surface area contributed by atoms with Crippen LogP contribution in [-0.4, -0.2) is 44.7 Å². The van der Waals surface area contributed by atoms with Gasteiger partial charge in [-0.2, -0.15) is 5.10 Å². The smallest absolute Gasteiger partial charge is 0.251 e. The van der Waals surface area contributed by atoms with Gasteiger partial charge < -0.3 is 5.32 Å². The molecule has 1 aliphatic heterocycles. The van der Waals surface area contributed by atoms with Crippen molar-refractivity contribution in [3.8, 4) is 11.3 Å². The molecule has 7 heteroatoms. The second-order valence-electron chi connectivity index (χ2n) is 6.97. The van der Waals surface area contributed by atoms with E-state index in [1.165, 1.54) is 24.3 Å². The number of nitrogens with one attached hydrogen (secondary N) is 1. The van der Waals surface area contributed by atoms with E-state index < -0.39 is 0 Å². The molecule has 1 amide bonds. The molecule has 4 rings (SSSR count). The van der Waals surface area contributed by atoms with Crippen LogP contribution in [0.4, 0.5) is 4.39 Å². The molecule has 6 nitrogen and oxygen atoms in total. The van der Waals surface area contributed by atoms with Crippen LogP contribution in [0, 0.1) is 5.82 Å². The number of carbonyl (C=O) groups excluding carboxylic acids is 1. The van der Waals surface area contributed by atoms with Gasteiger partial charge in [0.1, 0.15) is 5.82 Å². The van der Waals surface area contributed by atoms with Gasteiger partial charge in [0, 0.05) is 48.8 Å². The Labute approximate surface area is 163 Å². The first-order chi connectivity index (χ1) is 13.7. The number of hydrogen-bond acceptors (Lipinski definition) is 4. The van der Waals surface area contributed by atoms with Gasteiger partial charge in [0.15, 0.2) is 0 Å². The van der Waals surface area contributed by atoms with Gasteiger partial charge in [-0.15, -0.1) is 0 Å². The predicted octanol–water partition coefficient (Wildman–Crippen LogP) is 2.94. The maximum Gasteiger partial charge on any atom is 0.251 e. The van der Waals surface area contributed by atoms with Crippen molar-refractivity contribution in [3.05, 3.63) is 72.4 Å². The number of nitrogens with zero attached hydrogens (tertiary/aromatic N) is 4. The molecule has 1 aromatic carbocycles. The lowest BCUT2D eigenvalue weighted by Crippen LogP contribution is -2.45. The Morgan fingerprint density at radius 1 is 1.11 bits per heavy atom. The molecule has 0 spiro atoms. The van der Waals surface area contributed by atoms with E-state index in [9.17, 15) is 9.18 Å². The van der Waals surface area contributed by atoms with Crippen molar-refractivity contribution < 1.29 is 9.18 Å². The fourth-order valence-electron chi connectivity index (χ4n) is 3.48. The molecule has 1 saturated heterocycles. The number of benzene rings is 1. The number of likely N-dealkylation sites (tertiary alicyclic amines) is 1. The average Bonchev–Trinajstić information content (AvgIpc) is 3.19. The Morgan fingerprint density at radius 3 is 2.61 bits per heavy atom. The van der Waals surface area contributed by atoms with Gasteiger partial charge in [-0.1, -0.05) is 0 Å². The Balaban J connectivity index is 1.31. The van der Waals surface area contributed by atoms with Gasteiger partial charge in [0.05, 0.1) is 12.4 Å². The summed E-state index contributed by atoms with van der Waals surface area (Å²) in [4.78, 5) is 18.8. The SMILES string of the molecule is O=C(NC1CCN(Cn2nccc2-c2cccnc2)CC1)c1ccc(F)cc1. The molecule has 3 heterocycles. The minimum absolute atomic E-state index is 0.129. The van der Waals surface area contributed by atoms with Crippen LogP contribution in [0.3, 0.4) is 0 Å². The Kier molecular flexibility index (Phi) is 5.43. The molecule has 1 fully saturated rings. The van der Waals surface area contributed by atoms with Gasteiger partial charge in [-0.05, 0) is 55.3 Å². The zero-order valence-corrected chi connectivity index (χ0v) is 15.5. The van der Waals surface area contributed by atoms with E-state index >= 15 is 0 Å². The van der Waals surface area contributed by atoms with Crippen molar-refractivity contribution in [2.75, 3.05) is 13.1 Å². The highest BCUT2D eigenvalue weighted by molar-refractivity contribution is 5.94. The molecule has 0 aliphatic carbocycles. The van der Waals surface area contributed by atoms with Crippen LogP contribution >= 0.6 is 0 Å². The lowest BCUT2D eigenvalue weighted by Gasteiger charge is -2.32. The van der Waals surface area contributed by atoms with E-state index in [4.69, 9.17) is 0 Å². The normalized spacial score (nSPS) is 15.5. The summed E-state index contributed by atoms with van der Waals surface area (Å²) in [7, 11) is 0. The zero-order valence-electron chi connectivity index (χ0n) is 15.5. The third kappa shape index (κ3) is 4.26. The number of hydrogen-bond donors (Lipinski definition) is 1. The maximum absolute atomic E-state index is 13.0. The number of halogens is 1. The zero-order chi connectivity index (χ0) is 19.3. The number of piperidine rings is 1. The minimum Gasteiger partial charge on any atom is -0.349 e. The topological polar surface area (TPSA) is 63.1 Å². The molecule has 0 radical (unpaired) electrons. The molecule has 0 atom stereocenters. The van der Waals surface area contributed by atoms with Crippen LogP contribution in [-0.2, 0) is 6.67 Å². The number of pyridine rings is 1. The Bertz CT molecular complexity index is 917. The van der Waals surface area contributed by atoms with Crippen LogP contribution in [0.25, 0.3) is 11.3 Å². The van der Waals surface area contributed by atoms with Crippen molar-refractivity contribution in [2.24, 2.45) is 0 Å². The molecular weight excluding hydrogens is 357 g/mol. The van der Waals surface area contributed by atoms with Crippen LogP contribution in [0.15, 0.2) is 61.1 Å². The molecule has 0 saturated carbocycles. The molecule has 1 aliphatic rings. The molecule has 3 aromatic rings. The fourth-order valence-corrected chi connectivity index (χ4v) is 3.48. The second-order valence-corrected chi connectivity index (χ2v) is 6.97. The number of rotatable bonds is 5. The minimum atomic E-state index is -0.339. The third-order valence-corrected chi connectivity index (χ3v) is 5.04. The maximum atomic E-state index is 13.0. The highest BCUT2D eigenvalue weighted by Crippen LogP contribution is 2.19. The third-order valence-electron chi connectivity index (χ3n) is 5.04. The number of aromatic nitrogens is 3. The molecule has 144 valence electrons. The summed E-state index contributed by atoms with van der Waals surface area (Å²) in [5, 5.41) is 7.50. The number of amides is 1. The first-order valence-corrected chi connectivity index (χ1v) is 9.40. The van der Waals surface area contributed by atoms with E-state index in [2.05, 4.69) is 20.3 Å². The van der Waals surface area contributed by atoms with E-state index in [0.717, 1.165) is 37.2 Å². The van der Waals surface area contributed by atoms with Gasteiger partial charge >= 0.3 is 0 Å². The second kappa shape index (κ2) is 8.31. The predicted molar refractivity (Wildman–Crippen MR) is 104 cm³/mol. The largest absolute Gasteiger partial charge is 0.349 e. The monoisotopic (exact) mass is 379 g/mol. The standard InChI is InChI=1S/C21H22FN5O/c22-18-5-3-16(4-6-18)21(28)25-19-8-12-26(13-9-19)15-27-20(7-11-24-27)17-2-1-10-23-14-17/h1-7,10-11,14,19H,8-9,12-13,15H2,(H,25,28). The number of carbonyl (C=O) groups is 1. The van der Waals surface area contributed by atoms with Gasteiger partial charge in [-0.25, -0.2) is 4.39 Å². The van der Waals surface area contributed by atoms with E-state index in [0.29, 0.717) is 12.2 Å². The molecular formula is C21H22FN5O. The van der Waals surface area contributed by atoms with Crippen LogP contribution in [0.1, 0.15) is 23.2 Å². The molecule has 1 N–H and O–H groups in total. The van der Waals surface area contributed by atoms with Crippen molar-refractivity contribution in [2.45, 2.75) is 25.6 Å². The summed E-state index contributed by atoms with van der Waals surface area (Å²) in [6.45, 7) is 2.46. The summed E-state index contributed by atoms with van der Waals surface area (Å²) in [6, 6.07) is 11.7. The van der Waals surface area contributed by atoms with Crippen molar-refractivity contribution in [1.82, 2.24) is 25.0 Å². The highest BCUT2D eigenvalue weighted by Gasteiger charge is 2.22. The summed E-state index contributed by atoms with van der Waals surface area (Å²) in [6.07, 6.45) is 7.14. The molecule has 0 bridgehead atoms. The Morgan fingerprint density at radius 2 is 1.89 bits per heavy atom. The first kappa shape index (κ1) is 18.3. The molecule has 0 unspecified atom stereocenters. The van der Waals surface area contributed by atoms with Gasteiger partial charge in [-0.3, -0.25) is 19.4 Å². The lowest BCUT2D eigenvalue weighted by molar-refractivity contribution is 0.0897. The Hall–Kier alpha value is -3.06. The first-order valence-electron chi connectivity index (χ1n) is 9.40. The summed E-state index contributed by atoms with van der Waals surface area (Å²) >= 11 is 0. The van der Waals surface area contributed by atoms with Gasteiger partial charge in [0.2, 0.25) is 0 Å². The average molecular weight is 379 g/mol. The summed E-state index contributed by atoms with van der Waals surface area (Å²) in [5.41, 5.74) is 2.57. The summed E-state index contributed by atoms with van der Waals surface area (Å²) in [5.74, 6) is -0.487. The fraction of sp³-hybridized carbons (Fsp3) is 0.286. The van der Waals surface area contributed by atoms with E-state index in [1.54, 1.807) is 12.4 Å². The van der Waals surface area contributed by atoms with Crippen LogP contribution in [0.5, 0.6) is 0 Å². The molecule has 28 heavy (non-hydrogen) atoms. The van der Waals surface area contributed by atoms with E-state index in [1.807, 2.05) is 29.1 Å². The van der Waals surface area contributed by atoms with Crippen molar-refractivity contribution >= 4 is 5.91 Å². The highest BCUT2D eigenvalue weighted by atomic mass is 19.1. The van der Waals surface area contributed by atoms with Crippen molar-refractivity contribution in [3.63, 3.8) is 0 Å². The summed E-state index contributed by atoms with van der Waals surface area (Å²) < 4.78 is 15.0. The van der Waals surface area contributed by atoms with Crippen LogP contribution < -0.4 is 5.32 Å². The quantitative estimate of drug-likeness (QED) is 0.740. The van der Waals surface area contributed by atoms with E-state index in [-0.39, 0.29) is 17.8 Å².